The summed E-state index contributed by atoms with van der Waals surface area (Å²) in [6.45, 7) is 1.65. The van der Waals surface area contributed by atoms with Crippen LogP contribution in [0.5, 0.6) is 0 Å². The number of nitrogens with two attached hydrogens (primary N) is 2. The minimum Gasteiger partial charge on any atom is -0.399 e. The number of carbonyl (C=O) groups is 2. The van der Waals surface area contributed by atoms with E-state index in [4.69, 9.17) is 16.2 Å². The Balaban J connectivity index is 1.79. The van der Waals surface area contributed by atoms with Gasteiger partial charge >= 0.3 is 6.03 Å². The van der Waals surface area contributed by atoms with Crippen molar-refractivity contribution in [1.29, 1.82) is 0 Å². The first kappa shape index (κ1) is 16.1. The van der Waals surface area contributed by atoms with E-state index in [1.165, 1.54) is 0 Å². The zero-order chi connectivity index (χ0) is 15.9. The van der Waals surface area contributed by atoms with Crippen molar-refractivity contribution in [2.24, 2.45) is 11.7 Å². The molecule has 0 aliphatic carbocycles. The SMILES string of the molecule is NC(=O)C(CC1CCOC1)NC(=O)NCc1ccc(N)cc1. The number of amides is 3. The van der Waals surface area contributed by atoms with Crippen molar-refractivity contribution < 1.29 is 14.3 Å². The number of rotatable bonds is 6. The molecule has 1 aliphatic heterocycles. The molecule has 2 atom stereocenters. The standard InChI is InChI=1S/C15H22N4O3/c16-12-3-1-10(2-4-12)8-18-15(21)19-13(14(17)20)7-11-5-6-22-9-11/h1-4,11,13H,5-9,16H2,(H2,17,20)(H2,18,19,21). The van der Waals surface area contributed by atoms with E-state index in [2.05, 4.69) is 10.6 Å². The number of urea groups is 1. The summed E-state index contributed by atoms with van der Waals surface area (Å²) in [6, 6.07) is 6.09. The van der Waals surface area contributed by atoms with E-state index in [-0.39, 0.29) is 5.92 Å². The van der Waals surface area contributed by atoms with Gasteiger partial charge < -0.3 is 26.8 Å². The summed E-state index contributed by atoms with van der Waals surface area (Å²) in [5.41, 5.74) is 12.5. The molecule has 1 aliphatic rings. The van der Waals surface area contributed by atoms with Gasteiger partial charge in [0, 0.05) is 25.4 Å². The summed E-state index contributed by atoms with van der Waals surface area (Å²) < 4.78 is 5.27. The van der Waals surface area contributed by atoms with E-state index < -0.39 is 18.0 Å². The minimum absolute atomic E-state index is 0.259. The number of carbonyl (C=O) groups excluding carboxylic acids is 2. The Labute approximate surface area is 129 Å². The largest absolute Gasteiger partial charge is 0.399 e. The van der Waals surface area contributed by atoms with Crippen molar-refractivity contribution in [1.82, 2.24) is 10.6 Å². The maximum Gasteiger partial charge on any atom is 0.315 e. The molecule has 6 N–H and O–H groups in total. The predicted octanol–water partition coefficient (Wildman–Crippen LogP) is 0.349. The maximum absolute atomic E-state index is 11.9. The fourth-order valence-electron chi connectivity index (χ4n) is 2.38. The van der Waals surface area contributed by atoms with Gasteiger partial charge in [-0.05, 0) is 36.5 Å². The molecule has 0 bridgehead atoms. The van der Waals surface area contributed by atoms with Crippen LogP contribution in [0.1, 0.15) is 18.4 Å². The molecule has 3 amide bonds. The Kier molecular flexibility index (Phi) is 5.60. The lowest BCUT2D eigenvalue weighted by Gasteiger charge is -2.18. The molecule has 1 heterocycles. The third-order valence-electron chi connectivity index (χ3n) is 3.67. The third-order valence-corrected chi connectivity index (χ3v) is 3.67. The van der Waals surface area contributed by atoms with Gasteiger partial charge in [0.1, 0.15) is 6.04 Å². The van der Waals surface area contributed by atoms with E-state index in [1.54, 1.807) is 12.1 Å². The van der Waals surface area contributed by atoms with Crippen LogP contribution in [0.2, 0.25) is 0 Å². The summed E-state index contributed by atoms with van der Waals surface area (Å²) in [6.07, 6.45) is 1.39. The quantitative estimate of drug-likeness (QED) is 0.567. The number of ether oxygens (including phenoxy) is 1. The highest BCUT2D eigenvalue weighted by atomic mass is 16.5. The lowest BCUT2D eigenvalue weighted by Crippen LogP contribution is -2.49. The van der Waals surface area contributed by atoms with Crippen LogP contribution in [-0.4, -0.2) is 31.2 Å². The zero-order valence-corrected chi connectivity index (χ0v) is 12.4. The fourth-order valence-corrected chi connectivity index (χ4v) is 2.38. The normalized spacial score (nSPS) is 18.6. The Morgan fingerprint density at radius 1 is 1.32 bits per heavy atom. The van der Waals surface area contributed by atoms with E-state index in [1.807, 2.05) is 12.1 Å². The second-order valence-corrected chi connectivity index (χ2v) is 5.49. The summed E-state index contributed by atoms with van der Waals surface area (Å²) in [5.74, 6) is -0.274. The molecule has 7 nitrogen and oxygen atoms in total. The van der Waals surface area contributed by atoms with Gasteiger partial charge in [-0.2, -0.15) is 0 Å². The van der Waals surface area contributed by atoms with Crippen LogP contribution in [0.3, 0.4) is 0 Å². The molecule has 120 valence electrons. The van der Waals surface area contributed by atoms with Crippen molar-refractivity contribution in [3.05, 3.63) is 29.8 Å². The van der Waals surface area contributed by atoms with Gasteiger partial charge in [0.2, 0.25) is 5.91 Å². The van der Waals surface area contributed by atoms with Crippen LogP contribution >= 0.6 is 0 Å². The van der Waals surface area contributed by atoms with Crippen molar-refractivity contribution in [2.75, 3.05) is 18.9 Å². The van der Waals surface area contributed by atoms with Gasteiger partial charge in [-0.15, -0.1) is 0 Å². The molecule has 1 aromatic rings. The Morgan fingerprint density at radius 3 is 2.64 bits per heavy atom. The molecule has 0 saturated carbocycles. The lowest BCUT2D eigenvalue weighted by molar-refractivity contribution is -0.120. The highest BCUT2D eigenvalue weighted by Crippen LogP contribution is 2.18. The molecule has 2 unspecified atom stereocenters. The van der Waals surface area contributed by atoms with Crippen LogP contribution < -0.4 is 22.1 Å². The van der Waals surface area contributed by atoms with Gasteiger partial charge in [0.15, 0.2) is 0 Å². The van der Waals surface area contributed by atoms with Crippen LogP contribution in [0, 0.1) is 5.92 Å². The number of hydrogen-bond donors (Lipinski definition) is 4. The fraction of sp³-hybridized carbons (Fsp3) is 0.467. The first-order valence-electron chi connectivity index (χ1n) is 7.30. The highest BCUT2D eigenvalue weighted by molar-refractivity contribution is 5.85. The Bertz CT molecular complexity index is 512. The number of anilines is 1. The first-order chi connectivity index (χ1) is 10.5. The number of nitrogens with one attached hydrogen (secondary N) is 2. The lowest BCUT2D eigenvalue weighted by atomic mass is 9.99. The number of primary amides is 1. The summed E-state index contributed by atoms with van der Waals surface area (Å²) in [4.78, 5) is 23.3. The molecule has 1 aromatic carbocycles. The van der Waals surface area contributed by atoms with Gasteiger partial charge in [-0.3, -0.25) is 4.79 Å². The van der Waals surface area contributed by atoms with E-state index >= 15 is 0 Å². The molecule has 0 spiro atoms. The molecule has 22 heavy (non-hydrogen) atoms. The van der Waals surface area contributed by atoms with Crippen molar-refractivity contribution >= 4 is 17.6 Å². The van der Waals surface area contributed by atoms with Crippen LogP contribution in [0.25, 0.3) is 0 Å². The van der Waals surface area contributed by atoms with Crippen LogP contribution in [-0.2, 0) is 16.1 Å². The highest BCUT2D eigenvalue weighted by Gasteiger charge is 2.25. The molecular weight excluding hydrogens is 284 g/mol. The number of hydrogen-bond acceptors (Lipinski definition) is 4. The van der Waals surface area contributed by atoms with Gasteiger partial charge in [0.05, 0.1) is 0 Å². The van der Waals surface area contributed by atoms with Crippen LogP contribution in [0.4, 0.5) is 10.5 Å². The zero-order valence-electron chi connectivity index (χ0n) is 12.4. The average Bonchev–Trinajstić information content (AvgIpc) is 2.99. The van der Waals surface area contributed by atoms with E-state index in [0.29, 0.717) is 31.9 Å². The molecule has 0 radical (unpaired) electrons. The second-order valence-electron chi connectivity index (χ2n) is 5.49. The Morgan fingerprint density at radius 2 is 2.05 bits per heavy atom. The summed E-state index contributed by atoms with van der Waals surface area (Å²) in [5, 5.41) is 5.32. The molecule has 2 rings (SSSR count). The van der Waals surface area contributed by atoms with Crippen LogP contribution in [0.15, 0.2) is 24.3 Å². The molecular formula is C15H22N4O3. The number of benzene rings is 1. The summed E-state index contributed by atoms with van der Waals surface area (Å²) >= 11 is 0. The first-order valence-corrected chi connectivity index (χ1v) is 7.30. The molecule has 1 fully saturated rings. The predicted molar refractivity (Wildman–Crippen MR) is 82.8 cm³/mol. The van der Waals surface area contributed by atoms with E-state index in [0.717, 1.165) is 12.0 Å². The van der Waals surface area contributed by atoms with Gasteiger partial charge in [-0.25, -0.2) is 4.79 Å². The average molecular weight is 306 g/mol. The molecule has 7 heteroatoms. The Hall–Kier alpha value is -2.28. The van der Waals surface area contributed by atoms with Crippen molar-refractivity contribution in [3.8, 4) is 0 Å². The molecule has 1 saturated heterocycles. The minimum atomic E-state index is -0.682. The third kappa shape index (κ3) is 4.92. The molecule has 0 aromatic heterocycles. The monoisotopic (exact) mass is 306 g/mol. The van der Waals surface area contributed by atoms with Crippen molar-refractivity contribution in [2.45, 2.75) is 25.4 Å². The summed E-state index contributed by atoms with van der Waals surface area (Å²) in [7, 11) is 0. The topological polar surface area (TPSA) is 119 Å². The van der Waals surface area contributed by atoms with Crippen molar-refractivity contribution in [3.63, 3.8) is 0 Å². The maximum atomic E-state index is 11.9. The number of nitrogen functional groups attached to an aromatic ring is 1. The van der Waals surface area contributed by atoms with Gasteiger partial charge in [-0.1, -0.05) is 12.1 Å². The second kappa shape index (κ2) is 7.65. The van der Waals surface area contributed by atoms with E-state index in [9.17, 15) is 9.59 Å². The smallest absolute Gasteiger partial charge is 0.315 e. The van der Waals surface area contributed by atoms with Gasteiger partial charge in [0.25, 0.3) is 0 Å².